The molecule has 1 heterocycles. The Hall–Kier alpha value is -1.55. The topological polar surface area (TPSA) is 55.6 Å². The van der Waals surface area contributed by atoms with Gasteiger partial charge in [0.2, 0.25) is 5.91 Å². The molecule has 1 aromatic rings. The molecule has 0 aromatic heterocycles. The molecule has 0 bridgehead atoms. The Labute approximate surface area is 133 Å². The van der Waals surface area contributed by atoms with E-state index in [4.69, 9.17) is 10.5 Å². The number of nitrogens with zero attached hydrogens (tertiary/aromatic N) is 1. The maximum atomic E-state index is 12.6. The van der Waals surface area contributed by atoms with Crippen LogP contribution in [0.3, 0.4) is 0 Å². The number of likely N-dealkylation sites (tertiary alicyclic amines) is 1. The van der Waals surface area contributed by atoms with Crippen molar-refractivity contribution in [3.05, 3.63) is 29.3 Å². The number of piperidine rings is 1. The van der Waals surface area contributed by atoms with Crippen LogP contribution in [0.15, 0.2) is 18.2 Å². The van der Waals surface area contributed by atoms with Crippen LogP contribution in [-0.2, 0) is 4.79 Å². The largest absolute Gasteiger partial charge is 0.496 e. The molecular weight excluding hydrogens is 276 g/mol. The lowest BCUT2D eigenvalue weighted by Gasteiger charge is -2.31. The molecule has 0 saturated carbocycles. The molecule has 0 spiro atoms. The SMILES string of the molecule is COc1ccc(C)cc1C(CN)CC(=O)N1CCC(C)CC1. The first-order valence-electron chi connectivity index (χ1n) is 8.17. The van der Waals surface area contributed by atoms with Gasteiger partial charge in [-0.05, 0) is 43.9 Å². The van der Waals surface area contributed by atoms with E-state index in [1.165, 1.54) is 0 Å². The summed E-state index contributed by atoms with van der Waals surface area (Å²) in [5, 5.41) is 0. The summed E-state index contributed by atoms with van der Waals surface area (Å²) in [6.45, 7) is 6.51. The van der Waals surface area contributed by atoms with E-state index in [9.17, 15) is 4.79 Å². The van der Waals surface area contributed by atoms with Gasteiger partial charge in [0.15, 0.2) is 0 Å². The Morgan fingerprint density at radius 1 is 1.41 bits per heavy atom. The fourth-order valence-corrected chi connectivity index (χ4v) is 3.09. The molecule has 0 aliphatic carbocycles. The Balaban J connectivity index is 2.09. The Morgan fingerprint density at radius 3 is 2.68 bits per heavy atom. The molecular formula is C18H28N2O2. The number of aryl methyl sites for hydroxylation is 1. The van der Waals surface area contributed by atoms with Crippen LogP contribution in [0.25, 0.3) is 0 Å². The standard InChI is InChI=1S/C18H28N2O2/c1-13-6-8-20(9-7-13)18(21)11-15(12-19)16-10-14(2)4-5-17(16)22-3/h4-5,10,13,15H,6-9,11-12,19H2,1-3H3. The fraction of sp³-hybridized carbons (Fsp3) is 0.611. The number of hydrogen-bond acceptors (Lipinski definition) is 3. The van der Waals surface area contributed by atoms with Gasteiger partial charge in [-0.15, -0.1) is 0 Å². The second-order valence-electron chi connectivity index (χ2n) is 6.45. The van der Waals surface area contributed by atoms with Crippen LogP contribution in [0, 0.1) is 12.8 Å². The van der Waals surface area contributed by atoms with Crippen molar-refractivity contribution < 1.29 is 9.53 Å². The summed E-state index contributed by atoms with van der Waals surface area (Å²) in [6.07, 6.45) is 2.67. The summed E-state index contributed by atoms with van der Waals surface area (Å²) in [6, 6.07) is 6.06. The van der Waals surface area contributed by atoms with Crippen molar-refractivity contribution in [3.8, 4) is 5.75 Å². The molecule has 1 aliphatic heterocycles. The first-order valence-corrected chi connectivity index (χ1v) is 8.17. The zero-order valence-electron chi connectivity index (χ0n) is 14.0. The monoisotopic (exact) mass is 304 g/mol. The highest BCUT2D eigenvalue weighted by molar-refractivity contribution is 5.77. The molecule has 122 valence electrons. The summed E-state index contributed by atoms with van der Waals surface area (Å²) in [4.78, 5) is 14.6. The normalized spacial score (nSPS) is 17.4. The highest BCUT2D eigenvalue weighted by Gasteiger charge is 2.24. The molecule has 2 rings (SSSR count). The average Bonchev–Trinajstić information content (AvgIpc) is 2.53. The lowest BCUT2D eigenvalue weighted by molar-refractivity contribution is -0.132. The van der Waals surface area contributed by atoms with Crippen molar-refractivity contribution in [2.75, 3.05) is 26.7 Å². The van der Waals surface area contributed by atoms with Gasteiger partial charge in [0.25, 0.3) is 0 Å². The molecule has 1 saturated heterocycles. The number of benzene rings is 1. The molecule has 22 heavy (non-hydrogen) atoms. The number of methoxy groups -OCH3 is 1. The number of nitrogens with two attached hydrogens (primary N) is 1. The van der Waals surface area contributed by atoms with Gasteiger partial charge in [-0.2, -0.15) is 0 Å². The summed E-state index contributed by atoms with van der Waals surface area (Å²) in [5.74, 6) is 1.78. The van der Waals surface area contributed by atoms with E-state index in [0.29, 0.717) is 13.0 Å². The van der Waals surface area contributed by atoms with E-state index in [2.05, 4.69) is 13.0 Å². The van der Waals surface area contributed by atoms with Crippen molar-refractivity contribution in [2.45, 2.75) is 39.0 Å². The van der Waals surface area contributed by atoms with Crippen molar-refractivity contribution in [3.63, 3.8) is 0 Å². The van der Waals surface area contributed by atoms with Crippen molar-refractivity contribution >= 4 is 5.91 Å². The first kappa shape index (κ1) is 16.8. The second kappa shape index (κ2) is 7.63. The van der Waals surface area contributed by atoms with Gasteiger partial charge in [0, 0.05) is 25.4 Å². The summed E-state index contributed by atoms with van der Waals surface area (Å²) < 4.78 is 5.44. The number of hydrogen-bond donors (Lipinski definition) is 1. The van der Waals surface area contributed by atoms with E-state index in [-0.39, 0.29) is 11.8 Å². The maximum absolute atomic E-state index is 12.6. The third-order valence-electron chi connectivity index (χ3n) is 4.67. The molecule has 2 N–H and O–H groups in total. The van der Waals surface area contributed by atoms with Crippen molar-refractivity contribution in [1.82, 2.24) is 4.90 Å². The number of amides is 1. The quantitative estimate of drug-likeness (QED) is 0.910. The highest BCUT2D eigenvalue weighted by Crippen LogP contribution is 2.30. The van der Waals surface area contributed by atoms with Gasteiger partial charge in [-0.1, -0.05) is 24.6 Å². The molecule has 1 fully saturated rings. The zero-order chi connectivity index (χ0) is 16.1. The van der Waals surface area contributed by atoms with Gasteiger partial charge in [-0.3, -0.25) is 4.79 Å². The molecule has 4 heteroatoms. The average molecular weight is 304 g/mol. The van der Waals surface area contributed by atoms with Crippen LogP contribution in [0.1, 0.15) is 43.2 Å². The smallest absolute Gasteiger partial charge is 0.223 e. The minimum Gasteiger partial charge on any atom is -0.496 e. The number of carbonyl (C=O) groups is 1. The van der Waals surface area contributed by atoms with Gasteiger partial charge in [0.05, 0.1) is 7.11 Å². The molecule has 1 aromatic carbocycles. The third-order valence-corrected chi connectivity index (χ3v) is 4.67. The number of carbonyl (C=O) groups excluding carboxylic acids is 1. The molecule has 4 nitrogen and oxygen atoms in total. The van der Waals surface area contributed by atoms with E-state index in [1.807, 2.05) is 24.0 Å². The molecule has 1 unspecified atom stereocenters. The highest BCUT2D eigenvalue weighted by atomic mass is 16.5. The minimum absolute atomic E-state index is 0.0155. The molecule has 1 amide bonds. The van der Waals surface area contributed by atoms with Gasteiger partial charge in [0.1, 0.15) is 5.75 Å². The summed E-state index contributed by atoms with van der Waals surface area (Å²) in [7, 11) is 1.66. The lowest BCUT2D eigenvalue weighted by Crippen LogP contribution is -2.39. The number of ether oxygens (including phenoxy) is 1. The van der Waals surface area contributed by atoms with E-state index < -0.39 is 0 Å². The predicted molar refractivity (Wildman–Crippen MR) is 89.1 cm³/mol. The van der Waals surface area contributed by atoms with E-state index in [0.717, 1.165) is 48.7 Å². The second-order valence-corrected chi connectivity index (χ2v) is 6.45. The van der Waals surface area contributed by atoms with Crippen molar-refractivity contribution in [2.24, 2.45) is 11.7 Å². The fourth-order valence-electron chi connectivity index (χ4n) is 3.09. The molecule has 1 atom stereocenters. The van der Waals surface area contributed by atoms with Crippen LogP contribution >= 0.6 is 0 Å². The Kier molecular flexibility index (Phi) is 5.83. The lowest BCUT2D eigenvalue weighted by atomic mass is 9.92. The third kappa shape index (κ3) is 4.01. The summed E-state index contributed by atoms with van der Waals surface area (Å²) in [5.41, 5.74) is 8.16. The number of rotatable bonds is 5. The zero-order valence-corrected chi connectivity index (χ0v) is 14.0. The minimum atomic E-state index is 0.0155. The van der Waals surface area contributed by atoms with Crippen LogP contribution in [-0.4, -0.2) is 37.6 Å². The van der Waals surface area contributed by atoms with E-state index in [1.54, 1.807) is 7.11 Å². The maximum Gasteiger partial charge on any atom is 0.223 e. The van der Waals surface area contributed by atoms with Gasteiger partial charge in [-0.25, -0.2) is 0 Å². The van der Waals surface area contributed by atoms with Crippen LogP contribution in [0.2, 0.25) is 0 Å². The molecule has 0 radical (unpaired) electrons. The van der Waals surface area contributed by atoms with E-state index >= 15 is 0 Å². The first-order chi connectivity index (χ1) is 10.5. The van der Waals surface area contributed by atoms with Crippen molar-refractivity contribution in [1.29, 1.82) is 0 Å². The Morgan fingerprint density at radius 2 is 2.09 bits per heavy atom. The predicted octanol–water partition coefficient (Wildman–Crippen LogP) is 2.69. The van der Waals surface area contributed by atoms with Crippen LogP contribution < -0.4 is 10.5 Å². The van der Waals surface area contributed by atoms with Gasteiger partial charge < -0.3 is 15.4 Å². The van der Waals surface area contributed by atoms with Crippen LogP contribution in [0.4, 0.5) is 0 Å². The van der Waals surface area contributed by atoms with Crippen LogP contribution in [0.5, 0.6) is 5.75 Å². The Bertz CT molecular complexity index is 508. The molecule has 1 aliphatic rings. The summed E-state index contributed by atoms with van der Waals surface area (Å²) >= 11 is 0. The van der Waals surface area contributed by atoms with Gasteiger partial charge >= 0.3 is 0 Å².